The molecule has 2 amide bonds. The molecular formula is C16H14Cl2N6O2. The molecule has 26 heavy (non-hydrogen) atoms. The van der Waals surface area contributed by atoms with Crippen molar-refractivity contribution < 1.29 is 9.59 Å². The Kier molecular flexibility index (Phi) is 5.81. The lowest BCUT2D eigenvalue weighted by molar-refractivity contribution is 0.100. The minimum Gasteiger partial charge on any atom is -0.370 e. The lowest BCUT2D eigenvalue weighted by Gasteiger charge is -2.08. The van der Waals surface area contributed by atoms with Crippen molar-refractivity contribution in [3.05, 3.63) is 57.6 Å². The van der Waals surface area contributed by atoms with Gasteiger partial charge in [-0.1, -0.05) is 23.2 Å². The molecule has 0 bridgehead atoms. The third-order valence-corrected chi connectivity index (χ3v) is 3.52. The van der Waals surface area contributed by atoms with Crippen LogP contribution in [0.5, 0.6) is 0 Å². The molecule has 8 nitrogen and oxygen atoms in total. The third kappa shape index (κ3) is 4.95. The van der Waals surface area contributed by atoms with Crippen molar-refractivity contribution in [1.29, 1.82) is 0 Å². The van der Waals surface area contributed by atoms with Gasteiger partial charge in [0.2, 0.25) is 0 Å². The van der Waals surface area contributed by atoms with E-state index in [9.17, 15) is 9.59 Å². The molecule has 0 atom stereocenters. The second-order valence-electron chi connectivity index (χ2n) is 5.14. The Morgan fingerprint density at radius 2 is 1.04 bits per heavy atom. The number of rotatable bonds is 3. The zero-order valence-electron chi connectivity index (χ0n) is 13.2. The summed E-state index contributed by atoms with van der Waals surface area (Å²) < 4.78 is 0. The maximum absolute atomic E-state index is 12.2. The first-order chi connectivity index (χ1) is 12.2. The van der Waals surface area contributed by atoms with Gasteiger partial charge in [-0.25, -0.2) is 0 Å². The van der Waals surface area contributed by atoms with Gasteiger partial charge in [0.15, 0.2) is 11.9 Å². The summed E-state index contributed by atoms with van der Waals surface area (Å²) in [6.45, 7) is 0. The Morgan fingerprint density at radius 3 is 1.42 bits per heavy atom. The molecular weight excluding hydrogens is 379 g/mol. The molecule has 10 heteroatoms. The summed E-state index contributed by atoms with van der Waals surface area (Å²) in [7, 11) is 0. The summed E-state index contributed by atoms with van der Waals surface area (Å²) in [6, 6.07) is 9.04. The zero-order valence-corrected chi connectivity index (χ0v) is 14.8. The molecule has 0 heterocycles. The van der Waals surface area contributed by atoms with Gasteiger partial charge in [0, 0.05) is 21.2 Å². The molecule has 2 aromatic carbocycles. The van der Waals surface area contributed by atoms with Crippen molar-refractivity contribution in [3.8, 4) is 11.1 Å². The molecule has 0 aliphatic rings. The minimum atomic E-state index is -0.737. The normalized spacial score (nSPS) is 10.1. The lowest BCUT2D eigenvalue weighted by atomic mass is 9.99. The van der Waals surface area contributed by atoms with Gasteiger partial charge in [-0.2, -0.15) is 9.98 Å². The van der Waals surface area contributed by atoms with E-state index in [1.165, 1.54) is 18.2 Å². The van der Waals surface area contributed by atoms with Crippen LogP contribution >= 0.6 is 23.2 Å². The van der Waals surface area contributed by atoms with E-state index in [-0.39, 0.29) is 11.1 Å². The van der Waals surface area contributed by atoms with E-state index in [0.29, 0.717) is 21.2 Å². The van der Waals surface area contributed by atoms with Gasteiger partial charge >= 0.3 is 0 Å². The van der Waals surface area contributed by atoms with E-state index in [2.05, 4.69) is 9.98 Å². The second kappa shape index (κ2) is 7.85. The fourth-order valence-electron chi connectivity index (χ4n) is 2.13. The second-order valence-corrected chi connectivity index (χ2v) is 6.01. The van der Waals surface area contributed by atoms with Gasteiger partial charge in [-0.05, 0) is 47.5 Å². The van der Waals surface area contributed by atoms with Crippen LogP contribution in [0.25, 0.3) is 11.1 Å². The van der Waals surface area contributed by atoms with Crippen molar-refractivity contribution >= 4 is 46.9 Å². The summed E-state index contributed by atoms with van der Waals surface area (Å²) in [6.07, 6.45) is 0. The highest BCUT2D eigenvalue weighted by Crippen LogP contribution is 2.29. The number of nitrogens with two attached hydrogens (primary N) is 4. The Hall–Kier alpha value is -3.10. The Labute approximate surface area is 158 Å². The molecule has 0 fully saturated rings. The van der Waals surface area contributed by atoms with Crippen molar-refractivity contribution in [2.75, 3.05) is 0 Å². The molecule has 0 aliphatic carbocycles. The molecule has 0 aliphatic heterocycles. The van der Waals surface area contributed by atoms with Gasteiger partial charge in [0.25, 0.3) is 11.8 Å². The summed E-state index contributed by atoms with van der Waals surface area (Å²) in [4.78, 5) is 31.3. The minimum absolute atomic E-state index is 0.0566. The molecule has 0 saturated carbocycles. The number of carbonyl (C=O) groups is 2. The van der Waals surface area contributed by atoms with E-state index < -0.39 is 23.7 Å². The van der Waals surface area contributed by atoms with Crippen molar-refractivity contribution in [1.82, 2.24) is 0 Å². The molecule has 2 rings (SSSR count). The van der Waals surface area contributed by atoms with E-state index in [1.54, 1.807) is 18.2 Å². The van der Waals surface area contributed by atoms with Crippen molar-refractivity contribution in [2.24, 2.45) is 32.9 Å². The number of nitrogens with zero attached hydrogens (tertiary/aromatic N) is 2. The quantitative estimate of drug-likeness (QED) is 0.456. The van der Waals surface area contributed by atoms with E-state index in [1.807, 2.05) is 0 Å². The van der Waals surface area contributed by atoms with Crippen LogP contribution in [0.3, 0.4) is 0 Å². The van der Waals surface area contributed by atoms with Gasteiger partial charge in [0.1, 0.15) is 0 Å². The van der Waals surface area contributed by atoms with Gasteiger partial charge < -0.3 is 22.9 Å². The lowest BCUT2D eigenvalue weighted by Crippen LogP contribution is -2.24. The standard InChI is InChI=1S/C16H14Cl2N6O2/c17-11-4-8(5-12(18)6-11)7-1-9(13(25)23-15(19)20)3-10(2-7)14(26)24-16(21)22/h1-6H,(H4,19,20,23,25)(H4,21,22,24,26). The summed E-state index contributed by atoms with van der Waals surface area (Å²) in [5.41, 5.74) is 22.1. The maximum Gasteiger partial charge on any atom is 0.280 e. The average Bonchev–Trinajstić information content (AvgIpc) is 2.52. The van der Waals surface area contributed by atoms with Crippen LogP contribution in [-0.4, -0.2) is 23.7 Å². The zero-order chi connectivity index (χ0) is 19.4. The first kappa shape index (κ1) is 19.2. The van der Waals surface area contributed by atoms with E-state index in [0.717, 1.165) is 0 Å². The number of hydrogen-bond acceptors (Lipinski definition) is 2. The predicted molar refractivity (Wildman–Crippen MR) is 102 cm³/mol. The highest BCUT2D eigenvalue weighted by molar-refractivity contribution is 6.35. The van der Waals surface area contributed by atoms with Crippen LogP contribution in [0.4, 0.5) is 0 Å². The molecule has 0 aromatic heterocycles. The van der Waals surface area contributed by atoms with Crippen LogP contribution in [0, 0.1) is 0 Å². The largest absolute Gasteiger partial charge is 0.370 e. The highest BCUT2D eigenvalue weighted by Gasteiger charge is 2.14. The van der Waals surface area contributed by atoms with Gasteiger partial charge in [-0.15, -0.1) is 0 Å². The Bertz CT molecular complexity index is 879. The Morgan fingerprint density at radius 1 is 0.654 bits per heavy atom. The van der Waals surface area contributed by atoms with Crippen LogP contribution in [0.1, 0.15) is 20.7 Å². The number of amides is 2. The van der Waals surface area contributed by atoms with E-state index in [4.69, 9.17) is 46.1 Å². The van der Waals surface area contributed by atoms with Gasteiger partial charge in [-0.3, -0.25) is 9.59 Å². The monoisotopic (exact) mass is 392 g/mol. The van der Waals surface area contributed by atoms with Gasteiger partial charge in [0.05, 0.1) is 0 Å². The molecule has 0 spiro atoms. The smallest absolute Gasteiger partial charge is 0.280 e. The van der Waals surface area contributed by atoms with Crippen LogP contribution in [0.15, 0.2) is 46.4 Å². The highest BCUT2D eigenvalue weighted by atomic mass is 35.5. The molecule has 0 radical (unpaired) electrons. The van der Waals surface area contributed by atoms with Crippen LogP contribution < -0.4 is 22.9 Å². The molecule has 0 saturated heterocycles. The Balaban J connectivity index is 2.67. The van der Waals surface area contributed by atoms with Crippen molar-refractivity contribution in [2.45, 2.75) is 0 Å². The summed E-state index contributed by atoms with van der Waals surface area (Å²) >= 11 is 12.0. The van der Waals surface area contributed by atoms with Crippen LogP contribution in [-0.2, 0) is 0 Å². The van der Waals surface area contributed by atoms with E-state index >= 15 is 0 Å². The fourth-order valence-corrected chi connectivity index (χ4v) is 2.65. The molecule has 0 unspecified atom stereocenters. The molecule has 8 N–H and O–H groups in total. The predicted octanol–water partition coefficient (Wildman–Crippen LogP) is 1.49. The number of halogens is 2. The summed E-state index contributed by atoms with van der Waals surface area (Å²) in [5.74, 6) is -2.30. The fraction of sp³-hybridized carbons (Fsp3) is 0. The average molecular weight is 393 g/mol. The number of benzene rings is 2. The van der Waals surface area contributed by atoms with Crippen LogP contribution in [0.2, 0.25) is 10.0 Å². The number of guanidine groups is 2. The SMILES string of the molecule is NC(N)=NC(=O)c1cc(C(=O)N=C(N)N)cc(-c2cc(Cl)cc(Cl)c2)c1. The third-order valence-electron chi connectivity index (χ3n) is 3.08. The number of hydrogen-bond donors (Lipinski definition) is 4. The topological polar surface area (TPSA) is 163 Å². The first-order valence-electron chi connectivity index (χ1n) is 7.05. The number of aliphatic imine (C=N–C) groups is 2. The maximum atomic E-state index is 12.2. The summed E-state index contributed by atoms with van der Waals surface area (Å²) in [5, 5.41) is 0.760. The van der Waals surface area contributed by atoms with Crippen molar-refractivity contribution in [3.63, 3.8) is 0 Å². The number of carbonyl (C=O) groups excluding carboxylic acids is 2. The molecule has 134 valence electrons. The first-order valence-corrected chi connectivity index (χ1v) is 7.81. The molecule has 2 aromatic rings.